The fourth-order valence-electron chi connectivity index (χ4n) is 1.48. The predicted molar refractivity (Wildman–Crippen MR) is 59.5 cm³/mol. The fourth-order valence-corrected chi connectivity index (χ4v) is 2.16. The van der Waals surface area contributed by atoms with Crippen molar-refractivity contribution in [1.82, 2.24) is 0 Å². The van der Waals surface area contributed by atoms with Crippen molar-refractivity contribution >= 4 is 11.3 Å². The van der Waals surface area contributed by atoms with Gasteiger partial charge in [0.1, 0.15) is 6.10 Å². The van der Waals surface area contributed by atoms with Crippen LogP contribution in [0, 0.1) is 18.6 Å². The van der Waals surface area contributed by atoms with Crippen molar-refractivity contribution in [1.29, 1.82) is 0 Å². The highest BCUT2D eigenvalue weighted by molar-refractivity contribution is 7.07. The minimum absolute atomic E-state index is 0.0264. The summed E-state index contributed by atoms with van der Waals surface area (Å²) < 4.78 is 26.9. The van der Waals surface area contributed by atoms with E-state index in [1.807, 2.05) is 0 Å². The molecule has 0 spiro atoms. The number of hydrogen-bond acceptors (Lipinski definition) is 2. The Bertz CT molecular complexity index is 494. The Morgan fingerprint density at radius 1 is 1.19 bits per heavy atom. The number of rotatable bonds is 2. The number of halogens is 2. The Kier molecular flexibility index (Phi) is 3.03. The van der Waals surface area contributed by atoms with E-state index in [1.165, 1.54) is 30.4 Å². The van der Waals surface area contributed by atoms with Crippen LogP contribution in [0.5, 0.6) is 0 Å². The van der Waals surface area contributed by atoms with Crippen LogP contribution in [-0.2, 0) is 0 Å². The van der Waals surface area contributed by atoms with Crippen LogP contribution in [0.25, 0.3) is 0 Å². The van der Waals surface area contributed by atoms with Gasteiger partial charge in [0.15, 0.2) is 11.6 Å². The van der Waals surface area contributed by atoms with Crippen LogP contribution < -0.4 is 0 Å². The molecule has 1 nitrogen and oxygen atoms in total. The molecule has 1 aromatic heterocycles. The second-order valence-corrected chi connectivity index (χ2v) is 4.34. The van der Waals surface area contributed by atoms with Gasteiger partial charge in [0.05, 0.1) is 0 Å². The van der Waals surface area contributed by atoms with Gasteiger partial charge in [-0.1, -0.05) is 12.1 Å². The monoisotopic (exact) mass is 240 g/mol. The minimum Gasteiger partial charge on any atom is -0.384 e. The number of aryl methyl sites for hydroxylation is 1. The van der Waals surface area contributed by atoms with Crippen molar-refractivity contribution in [2.75, 3.05) is 0 Å². The first kappa shape index (κ1) is 11.2. The molecule has 0 aliphatic carbocycles. The average molecular weight is 240 g/mol. The van der Waals surface area contributed by atoms with E-state index in [0.29, 0.717) is 5.56 Å². The van der Waals surface area contributed by atoms with Crippen LogP contribution in [0.15, 0.2) is 29.0 Å². The summed E-state index contributed by atoms with van der Waals surface area (Å²) in [4.78, 5) is 0. The molecule has 2 aromatic rings. The average Bonchev–Trinajstić information content (AvgIpc) is 2.79. The molecule has 0 amide bonds. The van der Waals surface area contributed by atoms with Crippen LogP contribution in [0.1, 0.15) is 22.8 Å². The maximum Gasteiger partial charge on any atom is 0.165 e. The van der Waals surface area contributed by atoms with E-state index in [0.717, 1.165) is 0 Å². The second-order valence-electron chi connectivity index (χ2n) is 3.56. The molecule has 0 aliphatic heterocycles. The van der Waals surface area contributed by atoms with Gasteiger partial charge in [0, 0.05) is 5.56 Å². The molecule has 0 saturated heterocycles. The zero-order valence-corrected chi connectivity index (χ0v) is 9.39. The molecular formula is C12H10F2OS. The summed E-state index contributed by atoms with van der Waals surface area (Å²) in [5, 5.41) is 13.4. The summed E-state index contributed by atoms with van der Waals surface area (Å²) in [6.07, 6.45) is -1.11. The summed E-state index contributed by atoms with van der Waals surface area (Å²) in [6, 6.07) is 4.56. The highest BCUT2D eigenvalue weighted by Crippen LogP contribution is 2.27. The molecule has 16 heavy (non-hydrogen) atoms. The highest BCUT2D eigenvalue weighted by Gasteiger charge is 2.19. The predicted octanol–water partition coefficient (Wildman–Crippen LogP) is 3.42. The molecule has 1 atom stereocenters. The maximum atomic E-state index is 13.6. The van der Waals surface area contributed by atoms with Gasteiger partial charge in [0.25, 0.3) is 0 Å². The first-order chi connectivity index (χ1) is 7.61. The summed E-state index contributed by atoms with van der Waals surface area (Å²) >= 11 is 1.40. The number of hydrogen-bond donors (Lipinski definition) is 1. The third kappa shape index (κ3) is 1.86. The second kappa shape index (κ2) is 4.31. The topological polar surface area (TPSA) is 20.2 Å². The normalized spacial score (nSPS) is 12.8. The maximum absolute atomic E-state index is 13.6. The highest BCUT2D eigenvalue weighted by atomic mass is 32.1. The van der Waals surface area contributed by atoms with E-state index in [4.69, 9.17) is 0 Å². The molecule has 1 unspecified atom stereocenters. The SMILES string of the molecule is Cc1ccc(C(O)c2ccsc2)c(F)c1F. The Balaban J connectivity index is 2.45. The van der Waals surface area contributed by atoms with Crippen LogP contribution in [-0.4, -0.2) is 5.11 Å². The zero-order valence-electron chi connectivity index (χ0n) is 8.58. The number of thiophene rings is 1. The van der Waals surface area contributed by atoms with Gasteiger partial charge in [0.2, 0.25) is 0 Å². The van der Waals surface area contributed by atoms with Gasteiger partial charge in [-0.15, -0.1) is 0 Å². The smallest absolute Gasteiger partial charge is 0.165 e. The van der Waals surface area contributed by atoms with Gasteiger partial charge >= 0.3 is 0 Å². The molecule has 1 aromatic carbocycles. The van der Waals surface area contributed by atoms with Gasteiger partial charge in [-0.05, 0) is 34.9 Å². The van der Waals surface area contributed by atoms with Gasteiger partial charge in [-0.2, -0.15) is 11.3 Å². The van der Waals surface area contributed by atoms with Gasteiger partial charge < -0.3 is 5.11 Å². The van der Waals surface area contributed by atoms with Crippen molar-refractivity contribution in [3.63, 3.8) is 0 Å². The van der Waals surface area contributed by atoms with E-state index in [-0.39, 0.29) is 11.1 Å². The Morgan fingerprint density at radius 2 is 1.94 bits per heavy atom. The van der Waals surface area contributed by atoms with Crippen molar-refractivity contribution in [2.24, 2.45) is 0 Å². The Morgan fingerprint density at radius 3 is 2.56 bits per heavy atom. The third-order valence-electron chi connectivity index (χ3n) is 2.46. The van der Waals surface area contributed by atoms with Gasteiger partial charge in [-0.25, -0.2) is 8.78 Å². The third-order valence-corrected chi connectivity index (χ3v) is 3.16. The Labute approximate surface area is 96.0 Å². The number of benzene rings is 1. The lowest BCUT2D eigenvalue weighted by atomic mass is 10.0. The summed E-state index contributed by atoms with van der Waals surface area (Å²) in [6.45, 7) is 1.49. The molecule has 0 radical (unpaired) electrons. The van der Waals surface area contributed by atoms with Crippen molar-refractivity contribution in [2.45, 2.75) is 13.0 Å². The van der Waals surface area contributed by atoms with Crippen molar-refractivity contribution < 1.29 is 13.9 Å². The lowest BCUT2D eigenvalue weighted by molar-refractivity contribution is 0.213. The molecule has 0 bridgehead atoms. The zero-order chi connectivity index (χ0) is 11.7. The van der Waals surface area contributed by atoms with Gasteiger partial charge in [-0.3, -0.25) is 0 Å². The largest absolute Gasteiger partial charge is 0.384 e. The molecule has 0 fully saturated rings. The molecule has 0 saturated carbocycles. The molecule has 4 heteroatoms. The quantitative estimate of drug-likeness (QED) is 0.852. The fraction of sp³-hybridized carbons (Fsp3) is 0.167. The van der Waals surface area contributed by atoms with Crippen LogP contribution in [0.4, 0.5) is 8.78 Å². The molecule has 1 heterocycles. The lowest BCUT2D eigenvalue weighted by Gasteiger charge is -2.11. The molecule has 0 aliphatic rings. The summed E-state index contributed by atoms with van der Waals surface area (Å²) in [5.41, 5.74) is 0.785. The van der Waals surface area contributed by atoms with Crippen molar-refractivity contribution in [3.05, 3.63) is 57.3 Å². The van der Waals surface area contributed by atoms with E-state index < -0.39 is 17.7 Å². The first-order valence-electron chi connectivity index (χ1n) is 4.76. The lowest BCUT2D eigenvalue weighted by Crippen LogP contribution is -2.04. The minimum atomic E-state index is -1.11. The van der Waals surface area contributed by atoms with Crippen LogP contribution in [0.3, 0.4) is 0 Å². The summed E-state index contributed by atoms with van der Waals surface area (Å²) in [5.74, 6) is -1.87. The Hall–Kier alpha value is -1.26. The van der Waals surface area contributed by atoms with Crippen molar-refractivity contribution in [3.8, 4) is 0 Å². The van der Waals surface area contributed by atoms with Crippen LogP contribution in [0.2, 0.25) is 0 Å². The number of aliphatic hydroxyl groups is 1. The van der Waals surface area contributed by atoms with Crippen LogP contribution >= 0.6 is 11.3 Å². The molecule has 2 rings (SSSR count). The van der Waals surface area contributed by atoms with E-state index in [2.05, 4.69) is 0 Å². The number of aliphatic hydroxyl groups excluding tert-OH is 1. The van der Waals surface area contributed by atoms with E-state index in [9.17, 15) is 13.9 Å². The van der Waals surface area contributed by atoms with E-state index in [1.54, 1.807) is 16.8 Å². The summed E-state index contributed by atoms with van der Waals surface area (Å²) in [7, 11) is 0. The molecule has 84 valence electrons. The molecular weight excluding hydrogens is 230 g/mol. The van der Waals surface area contributed by atoms with E-state index >= 15 is 0 Å². The standard InChI is InChI=1S/C12H10F2OS/c1-7-2-3-9(11(14)10(7)13)12(15)8-4-5-16-6-8/h2-6,12,15H,1H3. The first-order valence-corrected chi connectivity index (χ1v) is 5.70. The molecule has 1 N–H and O–H groups in total.